The number of benzene rings is 3. The van der Waals surface area contributed by atoms with Crippen LogP contribution in [0.25, 0.3) is 21.8 Å². The molecule has 0 spiro atoms. The summed E-state index contributed by atoms with van der Waals surface area (Å²) in [5.74, 6) is 0.709. The molecule has 126 valence electrons. The topological polar surface area (TPSA) is 60.2 Å². The van der Waals surface area contributed by atoms with E-state index in [0.717, 1.165) is 26.3 Å². The molecule has 3 aromatic carbocycles. The van der Waals surface area contributed by atoms with E-state index in [4.69, 9.17) is 4.74 Å². The van der Waals surface area contributed by atoms with Crippen molar-refractivity contribution in [3.05, 3.63) is 65.1 Å². The molecule has 0 fully saturated rings. The largest absolute Gasteiger partial charge is 0.490 e. The Balaban J connectivity index is 1.47. The van der Waals surface area contributed by atoms with E-state index >= 15 is 0 Å². The minimum absolute atomic E-state index is 0.172. The molecule has 1 heterocycles. The highest BCUT2D eigenvalue weighted by molar-refractivity contribution is 9.10. The molecular formula is C19H16BrN3O2. The third kappa shape index (κ3) is 3.23. The van der Waals surface area contributed by atoms with Gasteiger partial charge in [-0.25, -0.2) is 4.68 Å². The van der Waals surface area contributed by atoms with Crippen molar-refractivity contribution in [3.8, 4) is 5.75 Å². The van der Waals surface area contributed by atoms with Crippen LogP contribution < -0.4 is 4.74 Å². The van der Waals surface area contributed by atoms with Gasteiger partial charge in [0, 0.05) is 0 Å². The highest BCUT2D eigenvalue weighted by atomic mass is 79.9. The first-order valence-corrected chi connectivity index (χ1v) is 8.78. The number of rotatable bonds is 5. The maximum absolute atomic E-state index is 10.3. The number of aliphatic hydroxyl groups excluding tert-OH is 1. The SMILES string of the molecule is OC(COc1ccc2ccccc2c1Br)Cn1nnc2ccccc21. The number of ether oxygens (including phenoxy) is 1. The molecule has 6 heteroatoms. The minimum atomic E-state index is -0.691. The zero-order valence-corrected chi connectivity index (χ0v) is 14.9. The zero-order chi connectivity index (χ0) is 17.2. The summed E-state index contributed by atoms with van der Waals surface area (Å²) in [5, 5.41) is 20.7. The first-order valence-electron chi connectivity index (χ1n) is 7.99. The summed E-state index contributed by atoms with van der Waals surface area (Å²) in [7, 11) is 0. The molecule has 25 heavy (non-hydrogen) atoms. The van der Waals surface area contributed by atoms with E-state index in [1.165, 1.54) is 0 Å². The highest BCUT2D eigenvalue weighted by Gasteiger charge is 2.12. The van der Waals surface area contributed by atoms with Crippen molar-refractivity contribution in [1.29, 1.82) is 0 Å². The quantitative estimate of drug-likeness (QED) is 0.556. The summed E-state index contributed by atoms with van der Waals surface area (Å²) in [6.45, 7) is 0.497. The van der Waals surface area contributed by atoms with Crippen molar-refractivity contribution >= 4 is 37.7 Å². The van der Waals surface area contributed by atoms with Crippen molar-refractivity contribution < 1.29 is 9.84 Å². The van der Waals surface area contributed by atoms with Crippen LogP contribution in [0.4, 0.5) is 0 Å². The highest BCUT2D eigenvalue weighted by Crippen LogP contribution is 2.33. The van der Waals surface area contributed by atoms with Crippen molar-refractivity contribution in [2.75, 3.05) is 6.61 Å². The molecule has 4 rings (SSSR count). The molecule has 0 saturated heterocycles. The lowest BCUT2D eigenvalue weighted by Crippen LogP contribution is -2.24. The predicted octanol–water partition coefficient (Wildman–Crippen LogP) is 3.79. The normalized spacial score (nSPS) is 12.6. The van der Waals surface area contributed by atoms with Gasteiger partial charge in [0.2, 0.25) is 0 Å². The Kier molecular flexibility index (Phi) is 4.38. The number of halogens is 1. The molecule has 0 aliphatic rings. The van der Waals surface area contributed by atoms with E-state index in [0.29, 0.717) is 12.3 Å². The van der Waals surface area contributed by atoms with E-state index in [1.54, 1.807) is 4.68 Å². The van der Waals surface area contributed by atoms with Gasteiger partial charge < -0.3 is 9.84 Å². The van der Waals surface area contributed by atoms with Gasteiger partial charge in [0.25, 0.3) is 0 Å². The lowest BCUT2D eigenvalue weighted by atomic mass is 10.1. The molecule has 1 aromatic heterocycles. The summed E-state index contributed by atoms with van der Waals surface area (Å²) in [4.78, 5) is 0. The van der Waals surface area contributed by atoms with E-state index in [2.05, 4.69) is 32.3 Å². The maximum atomic E-state index is 10.3. The van der Waals surface area contributed by atoms with Crippen LogP contribution in [0.1, 0.15) is 0 Å². The van der Waals surface area contributed by atoms with Gasteiger partial charge in [-0.15, -0.1) is 5.10 Å². The van der Waals surface area contributed by atoms with Crippen molar-refractivity contribution in [1.82, 2.24) is 15.0 Å². The molecule has 0 saturated carbocycles. The monoisotopic (exact) mass is 397 g/mol. The summed E-state index contributed by atoms with van der Waals surface area (Å²) in [6.07, 6.45) is -0.691. The lowest BCUT2D eigenvalue weighted by molar-refractivity contribution is 0.0897. The standard InChI is InChI=1S/C19H16BrN3O2/c20-19-15-6-2-1-5-13(15)9-10-18(19)25-12-14(24)11-23-17-8-4-3-7-16(17)21-22-23/h1-10,14,24H,11-12H2. The fourth-order valence-electron chi connectivity index (χ4n) is 2.82. The molecule has 5 nitrogen and oxygen atoms in total. The Morgan fingerprint density at radius 2 is 1.84 bits per heavy atom. The van der Waals surface area contributed by atoms with Crippen LogP contribution in [0.3, 0.4) is 0 Å². The van der Waals surface area contributed by atoms with Gasteiger partial charge in [-0.3, -0.25) is 0 Å². The number of hydrogen-bond acceptors (Lipinski definition) is 4. The third-order valence-electron chi connectivity index (χ3n) is 4.06. The van der Waals surface area contributed by atoms with Gasteiger partial charge in [0.15, 0.2) is 0 Å². The van der Waals surface area contributed by atoms with Crippen LogP contribution in [0.15, 0.2) is 65.1 Å². The summed E-state index contributed by atoms with van der Waals surface area (Å²) in [5.41, 5.74) is 1.71. The summed E-state index contributed by atoms with van der Waals surface area (Å²) in [6, 6.07) is 19.7. The molecule has 4 aromatic rings. The Labute approximate surface area is 153 Å². The Morgan fingerprint density at radius 1 is 1.04 bits per heavy atom. The Morgan fingerprint density at radius 3 is 2.76 bits per heavy atom. The van der Waals surface area contributed by atoms with Gasteiger partial charge in [-0.1, -0.05) is 47.7 Å². The van der Waals surface area contributed by atoms with E-state index in [9.17, 15) is 5.11 Å². The zero-order valence-electron chi connectivity index (χ0n) is 13.3. The number of nitrogens with zero attached hydrogens (tertiary/aromatic N) is 3. The number of para-hydroxylation sites is 1. The smallest absolute Gasteiger partial charge is 0.134 e. The van der Waals surface area contributed by atoms with Crippen LogP contribution >= 0.6 is 15.9 Å². The summed E-state index contributed by atoms with van der Waals surface area (Å²) < 4.78 is 8.39. The molecule has 0 bridgehead atoms. The first-order chi connectivity index (χ1) is 12.2. The van der Waals surface area contributed by atoms with Crippen LogP contribution in [0.5, 0.6) is 5.75 Å². The molecule has 1 N–H and O–H groups in total. The molecular weight excluding hydrogens is 382 g/mol. The van der Waals surface area contributed by atoms with Crippen molar-refractivity contribution in [2.45, 2.75) is 12.6 Å². The molecule has 1 atom stereocenters. The number of aromatic nitrogens is 3. The van der Waals surface area contributed by atoms with E-state index < -0.39 is 6.10 Å². The fraction of sp³-hybridized carbons (Fsp3) is 0.158. The molecule has 1 unspecified atom stereocenters. The predicted molar refractivity (Wildman–Crippen MR) is 101 cm³/mol. The molecule has 0 aliphatic carbocycles. The van der Waals surface area contributed by atoms with E-state index in [-0.39, 0.29) is 6.61 Å². The second kappa shape index (κ2) is 6.82. The Bertz CT molecular complexity index is 1030. The molecule has 0 radical (unpaired) electrons. The summed E-state index contributed by atoms with van der Waals surface area (Å²) >= 11 is 3.59. The minimum Gasteiger partial charge on any atom is -0.490 e. The average molecular weight is 398 g/mol. The van der Waals surface area contributed by atoms with Crippen molar-refractivity contribution in [3.63, 3.8) is 0 Å². The van der Waals surface area contributed by atoms with E-state index in [1.807, 2.05) is 54.6 Å². The molecule has 0 amide bonds. The van der Waals surface area contributed by atoms with Gasteiger partial charge in [0.1, 0.15) is 24.0 Å². The number of aliphatic hydroxyl groups is 1. The fourth-order valence-corrected chi connectivity index (χ4v) is 3.42. The van der Waals surface area contributed by atoms with Crippen LogP contribution in [-0.4, -0.2) is 32.8 Å². The van der Waals surface area contributed by atoms with Crippen LogP contribution in [0, 0.1) is 0 Å². The van der Waals surface area contributed by atoms with Gasteiger partial charge in [-0.05, 0) is 44.9 Å². The van der Waals surface area contributed by atoms with Gasteiger partial charge in [-0.2, -0.15) is 0 Å². The second-order valence-corrected chi connectivity index (χ2v) is 6.62. The van der Waals surface area contributed by atoms with Crippen LogP contribution in [0.2, 0.25) is 0 Å². The average Bonchev–Trinajstić information content (AvgIpc) is 3.04. The Hall–Kier alpha value is -2.44. The first kappa shape index (κ1) is 16.1. The van der Waals surface area contributed by atoms with Crippen LogP contribution in [-0.2, 0) is 6.54 Å². The van der Waals surface area contributed by atoms with Crippen molar-refractivity contribution in [2.24, 2.45) is 0 Å². The third-order valence-corrected chi connectivity index (χ3v) is 4.88. The second-order valence-electron chi connectivity index (χ2n) is 5.82. The lowest BCUT2D eigenvalue weighted by Gasteiger charge is -2.14. The molecule has 0 aliphatic heterocycles. The number of hydrogen-bond donors (Lipinski definition) is 1. The van der Waals surface area contributed by atoms with Gasteiger partial charge in [0.05, 0.1) is 16.5 Å². The maximum Gasteiger partial charge on any atom is 0.134 e. The number of fused-ring (bicyclic) bond motifs is 2. The van der Waals surface area contributed by atoms with Gasteiger partial charge >= 0.3 is 0 Å².